The first-order valence-corrected chi connectivity index (χ1v) is 9.34. The van der Waals surface area contributed by atoms with Crippen LogP contribution in [0, 0.1) is 5.82 Å². The Morgan fingerprint density at radius 2 is 2.12 bits per heavy atom. The molecule has 3 aromatic rings. The molecular formula is C17H17BrFN3OS. The molecule has 0 saturated heterocycles. The lowest BCUT2D eigenvalue weighted by Crippen LogP contribution is -2.07. The standard InChI is InChI=1S/C17H17BrFN3OS/c1-11(2)16-20-21-17(22(16)9-14-4-3-7-23-14)24-10-12-5-6-13(19)8-15(12)18/h3-8,11H,9-10H2,1-2H3. The fraction of sp³-hybridized carbons (Fsp3) is 0.294. The van der Waals surface area contributed by atoms with E-state index in [1.165, 1.54) is 12.1 Å². The van der Waals surface area contributed by atoms with Crippen molar-refractivity contribution in [2.45, 2.75) is 37.2 Å². The van der Waals surface area contributed by atoms with Gasteiger partial charge in [-0.1, -0.05) is 47.6 Å². The maximum absolute atomic E-state index is 13.2. The van der Waals surface area contributed by atoms with E-state index in [2.05, 4.69) is 44.5 Å². The second-order valence-electron chi connectivity index (χ2n) is 5.69. The summed E-state index contributed by atoms with van der Waals surface area (Å²) in [5, 5.41) is 9.47. The van der Waals surface area contributed by atoms with Gasteiger partial charge in [0.2, 0.25) is 0 Å². The van der Waals surface area contributed by atoms with Gasteiger partial charge in [0, 0.05) is 16.1 Å². The van der Waals surface area contributed by atoms with Crippen molar-refractivity contribution in [3.63, 3.8) is 0 Å². The normalized spacial score (nSPS) is 11.4. The van der Waals surface area contributed by atoms with E-state index in [-0.39, 0.29) is 11.7 Å². The summed E-state index contributed by atoms with van der Waals surface area (Å²) in [6.45, 7) is 4.78. The Morgan fingerprint density at radius 1 is 1.29 bits per heavy atom. The van der Waals surface area contributed by atoms with Gasteiger partial charge in [-0.15, -0.1) is 10.2 Å². The van der Waals surface area contributed by atoms with Crippen LogP contribution < -0.4 is 0 Å². The first kappa shape index (κ1) is 17.2. The number of nitrogens with zero attached hydrogens (tertiary/aromatic N) is 3. The average molecular weight is 410 g/mol. The van der Waals surface area contributed by atoms with E-state index in [0.717, 1.165) is 26.8 Å². The fourth-order valence-corrected chi connectivity index (χ4v) is 3.95. The molecule has 0 fully saturated rings. The minimum absolute atomic E-state index is 0.251. The molecule has 4 nitrogen and oxygen atoms in total. The molecular weight excluding hydrogens is 393 g/mol. The van der Waals surface area contributed by atoms with E-state index in [4.69, 9.17) is 4.42 Å². The van der Waals surface area contributed by atoms with Crippen LogP contribution in [-0.4, -0.2) is 14.8 Å². The molecule has 126 valence electrons. The van der Waals surface area contributed by atoms with Crippen molar-refractivity contribution in [3.05, 3.63) is 64.0 Å². The Hall–Kier alpha value is -1.60. The molecule has 0 amide bonds. The van der Waals surface area contributed by atoms with Crippen LogP contribution in [0.2, 0.25) is 0 Å². The molecule has 0 bridgehead atoms. The van der Waals surface area contributed by atoms with E-state index < -0.39 is 0 Å². The van der Waals surface area contributed by atoms with Crippen LogP contribution in [0.25, 0.3) is 0 Å². The maximum atomic E-state index is 13.2. The second kappa shape index (κ2) is 7.53. The number of furan rings is 1. The van der Waals surface area contributed by atoms with Crippen LogP contribution in [0.4, 0.5) is 4.39 Å². The molecule has 0 saturated carbocycles. The minimum atomic E-state index is -0.251. The zero-order valence-electron chi connectivity index (χ0n) is 13.4. The highest BCUT2D eigenvalue weighted by Gasteiger charge is 2.17. The van der Waals surface area contributed by atoms with Crippen molar-refractivity contribution in [2.75, 3.05) is 0 Å². The molecule has 0 aliphatic rings. The number of thioether (sulfide) groups is 1. The minimum Gasteiger partial charge on any atom is -0.467 e. The first-order chi connectivity index (χ1) is 11.5. The number of hydrogen-bond donors (Lipinski definition) is 0. The molecule has 24 heavy (non-hydrogen) atoms. The Labute approximate surface area is 152 Å². The average Bonchev–Trinajstić information content (AvgIpc) is 3.17. The van der Waals surface area contributed by atoms with Gasteiger partial charge in [0.05, 0.1) is 12.8 Å². The number of benzene rings is 1. The summed E-state index contributed by atoms with van der Waals surface area (Å²) in [5.41, 5.74) is 1.01. The summed E-state index contributed by atoms with van der Waals surface area (Å²) in [5.74, 6) is 2.47. The zero-order chi connectivity index (χ0) is 17.1. The summed E-state index contributed by atoms with van der Waals surface area (Å²) in [6, 6.07) is 8.53. The topological polar surface area (TPSA) is 43.9 Å². The van der Waals surface area contributed by atoms with Crippen LogP contribution in [-0.2, 0) is 12.3 Å². The molecule has 2 aromatic heterocycles. The summed E-state index contributed by atoms with van der Waals surface area (Å²) in [4.78, 5) is 0. The number of aromatic nitrogens is 3. The van der Waals surface area contributed by atoms with E-state index >= 15 is 0 Å². The van der Waals surface area contributed by atoms with Gasteiger partial charge in [0.15, 0.2) is 5.16 Å². The molecule has 0 radical (unpaired) electrons. The SMILES string of the molecule is CC(C)c1nnc(SCc2ccc(F)cc2Br)n1Cc1ccco1. The van der Waals surface area contributed by atoms with Crippen LogP contribution in [0.15, 0.2) is 50.6 Å². The lowest BCUT2D eigenvalue weighted by atomic mass is 10.2. The third kappa shape index (κ3) is 3.89. The molecule has 0 atom stereocenters. The number of rotatable bonds is 6. The Kier molecular flexibility index (Phi) is 5.40. The molecule has 0 unspecified atom stereocenters. The van der Waals surface area contributed by atoms with E-state index in [1.807, 2.05) is 12.1 Å². The Balaban J connectivity index is 1.82. The molecule has 0 aliphatic heterocycles. The summed E-state index contributed by atoms with van der Waals surface area (Å²) in [7, 11) is 0. The van der Waals surface area contributed by atoms with E-state index in [0.29, 0.717) is 12.3 Å². The van der Waals surface area contributed by atoms with Crippen molar-refractivity contribution >= 4 is 27.7 Å². The summed E-state index contributed by atoms with van der Waals surface area (Å²) in [6.07, 6.45) is 1.66. The predicted octanol–water partition coefficient (Wildman–Crippen LogP) is 5.24. The van der Waals surface area contributed by atoms with Gasteiger partial charge in [-0.2, -0.15) is 0 Å². The van der Waals surface area contributed by atoms with Gasteiger partial charge >= 0.3 is 0 Å². The van der Waals surface area contributed by atoms with Gasteiger partial charge in [-0.3, -0.25) is 4.57 Å². The maximum Gasteiger partial charge on any atom is 0.191 e. The largest absolute Gasteiger partial charge is 0.467 e. The Morgan fingerprint density at radius 3 is 2.79 bits per heavy atom. The van der Waals surface area contributed by atoms with Crippen molar-refractivity contribution in [1.29, 1.82) is 0 Å². The van der Waals surface area contributed by atoms with Crippen molar-refractivity contribution < 1.29 is 8.81 Å². The smallest absolute Gasteiger partial charge is 0.191 e. The van der Waals surface area contributed by atoms with Crippen LogP contribution >= 0.6 is 27.7 Å². The predicted molar refractivity (Wildman–Crippen MR) is 95.6 cm³/mol. The quantitative estimate of drug-likeness (QED) is 0.522. The summed E-state index contributed by atoms with van der Waals surface area (Å²) >= 11 is 4.98. The molecule has 7 heteroatoms. The molecule has 1 aromatic carbocycles. The van der Waals surface area contributed by atoms with Crippen molar-refractivity contribution in [3.8, 4) is 0 Å². The monoisotopic (exact) mass is 409 g/mol. The molecule has 0 spiro atoms. The highest BCUT2D eigenvalue weighted by molar-refractivity contribution is 9.10. The third-order valence-electron chi connectivity index (χ3n) is 3.53. The molecule has 0 aliphatic carbocycles. The van der Waals surface area contributed by atoms with Crippen LogP contribution in [0.5, 0.6) is 0 Å². The zero-order valence-corrected chi connectivity index (χ0v) is 15.8. The van der Waals surface area contributed by atoms with Gasteiger partial charge in [0.25, 0.3) is 0 Å². The Bertz CT molecular complexity index is 817. The summed E-state index contributed by atoms with van der Waals surface area (Å²) < 4.78 is 21.5. The van der Waals surface area contributed by atoms with Crippen LogP contribution in [0.1, 0.15) is 36.9 Å². The van der Waals surface area contributed by atoms with Crippen molar-refractivity contribution in [1.82, 2.24) is 14.8 Å². The van der Waals surface area contributed by atoms with Gasteiger partial charge < -0.3 is 4.42 Å². The number of hydrogen-bond acceptors (Lipinski definition) is 4. The highest BCUT2D eigenvalue weighted by Crippen LogP contribution is 2.28. The fourth-order valence-electron chi connectivity index (χ4n) is 2.32. The molecule has 3 rings (SSSR count). The molecule has 0 N–H and O–H groups in total. The van der Waals surface area contributed by atoms with Crippen LogP contribution in [0.3, 0.4) is 0 Å². The van der Waals surface area contributed by atoms with Gasteiger partial charge in [0.1, 0.15) is 17.4 Å². The van der Waals surface area contributed by atoms with Gasteiger partial charge in [-0.25, -0.2) is 4.39 Å². The highest BCUT2D eigenvalue weighted by atomic mass is 79.9. The number of halogens is 2. The van der Waals surface area contributed by atoms with E-state index in [9.17, 15) is 4.39 Å². The third-order valence-corrected chi connectivity index (χ3v) is 5.28. The second-order valence-corrected chi connectivity index (χ2v) is 7.48. The van der Waals surface area contributed by atoms with E-state index in [1.54, 1.807) is 24.1 Å². The van der Waals surface area contributed by atoms with Gasteiger partial charge in [-0.05, 0) is 29.8 Å². The lowest BCUT2D eigenvalue weighted by Gasteiger charge is -2.11. The first-order valence-electron chi connectivity index (χ1n) is 7.57. The lowest BCUT2D eigenvalue weighted by molar-refractivity contribution is 0.475. The molecule has 2 heterocycles. The van der Waals surface area contributed by atoms with Crippen molar-refractivity contribution in [2.24, 2.45) is 0 Å².